The van der Waals surface area contributed by atoms with Gasteiger partial charge in [-0.25, -0.2) is 4.39 Å². The average molecular weight is 276 g/mol. The number of halogens is 1. The fourth-order valence-corrected chi connectivity index (χ4v) is 1.89. The summed E-state index contributed by atoms with van der Waals surface area (Å²) < 4.78 is 13.8. The Morgan fingerprint density at radius 2 is 2.15 bits per heavy atom. The Morgan fingerprint density at radius 3 is 2.90 bits per heavy atom. The van der Waals surface area contributed by atoms with Gasteiger partial charge >= 0.3 is 0 Å². The van der Waals surface area contributed by atoms with E-state index in [1.165, 1.54) is 12.3 Å². The third-order valence-corrected chi connectivity index (χ3v) is 2.92. The number of amides is 1. The monoisotopic (exact) mass is 276 g/mol. The molecule has 1 heterocycles. The molecule has 0 unspecified atom stereocenters. The van der Waals surface area contributed by atoms with Crippen molar-refractivity contribution >= 4 is 5.91 Å². The van der Waals surface area contributed by atoms with Gasteiger partial charge in [0.05, 0.1) is 17.5 Å². The van der Waals surface area contributed by atoms with Gasteiger partial charge in [-0.05, 0) is 32.1 Å². The van der Waals surface area contributed by atoms with Crippen LogP contribution in [-0.4, -0.2) is 36.2 Å². The van der Waals surface area contributed by atoms with Crippen LogP contribution in [0.25, 0.3) is 11.3 Å². The van der Waals surface area contributed by atoms with Gasteiger partial charge in [0.15, 0.2) is 0 Å². The number of hydrogen-bond acceptors (Lipinski definition) is 3. The lowest BCUT2D eigenvalue weighted by Gasteiger charge is -2.06. The van der Waals surface area contributed by atoms with E-state index >= 15 is 0 Å². The zero-order chi connectivity index (χ0) is 14.4. The number of nitrogens with one attached hydrogen (secondary N) is 3. The molecular formula is C14H17FN4O. The fourth-order valence-electron chi connectivity index (χ4n) is 1.89. The van der Waals surface area contributed by atoms with E-state index in [4.69, 9.17) is 0 Å². The van der Waals surface area contributed by atoms with Crippen LogP contribution < -0.4 is 10.6 Å². The highest BCUT2D eigenvalue weighted by molar-refractivity contribution is 5.99. The lowest BCUT2D eigenvalue weighted by molar-refractivity contribution is 0.0954. The van der Waals surface area contributed by atoms with Crippen LogP contribution in [-0.2, 0) is 0 Å². The summed E-state index contributed by atoms with van der Waals surface area (Å²) in [5.74, 6) is -0.644. The standard InChI is InChI=1S/C14H17FN4O/c1-16-7-4-8-17-14(20)11-9-18-19-13(11)10-5-2-3-6-12(10)15/h2-3,5-6,9,16H,4,7-8H2,1H3,(H,17,20)(H,18,19). The molecule has 1 amide bonds. The topological polar surface area (TPSA) is 69.8 Å². The van der Waals surface area contributed by atoms with Crippen molar-refractivity contribution < 1.29 is 9.18 Å². The summed E-state index contributed by atoms with van der Waals surface area (Å²) in [7, 11) is 1.86. The quantitative estimate of drug-likeness (QED) is 0.701. The van der Waals surface area contributed by atoms with Crippen LogP contribution in [0.15, 0.2) is 30.5 Å². The van der Waals surface area contributed by atoms with E-state index in [0.29, 0.717) is 23.4 Å². The molecule has 0 bridgehead atoms. The molecule has 5 nitrogen and oxygen atoms in total. The maximum Gasteiger partial charge on any atom is 0.255 e. The average Bonchev–Trinajstić information content (AvgIpc) is 2.93. The van der Waals surface area contributed by atoms with Gasteiger partial charge in [0.1, 0.15) is 5.82 Å². The highest BCUT2D eigenvalue weighted by Gasteiger charge is 2.16. The molecule has 0 aliphatic heterocycles. The summed E-state index contributed by atoms with van der Waals surface area (Å²) in [6.07, 6.45) is 2.24. The van der Waals surface area contributed by atoms with Crippen molar-refractivity contribution in [2.75, 3.05) is 20.1 Å². The minimum absolute atomic E-state index is 0.256. The van der Waals surface area contributed by atoms with Gasteiger partial charge in [-0.2, -0.15) is 5.10 Å². The molecule has 0 aliphatic rings. The van der Waals surface area contributed by atoms with Crippen LogP contribution in [0.2, 0.25) is 0 Å². The molecule has 2 rings (SSSR count). The highest BCUT2D eigenvalue weighted by atomic mass is 19.1. The molecule has 6 heteroatoms. The number of nitrogens with zero attached hydrogens (tertiary/aromatic N) is 1. The third-order valence-electron chi connectivity index (χ3n) is 2.92. The number of aromatic amines is 1. The Kier molecular flexibility index (Phi) is 4.84. The Morgan fingerprint density at radius 1 is 1.35 bits per heavy atom. The largest absolute Gasteiger partial charge is 0.352 e. The summed E-state index contributed by atoms with van der Waals surface area (Å²) in [5.41, 5.74) is 1.08. The van der Waals surface area contributed by atoms with Crippen molar-refractivity contribution in [1.29, 1.82) is 0 Å². The SMILES string of the molecule is CNCCCNC(=O)c1cn[nH]c1-c1ccccc1F. The maximum atomic E-state index is 13.8. The molecule has 0 radical (unpaired) electrons. The smallest absolute Gasteiger partial charge is 0.255 e. The lowest BCUT2D eigenvalue weighted by atomic mass is 10.1. The number of rotatable bonds is 6. The first kappa shape index (κ1) is 14.2. The van der Waals surface area contributed by atoms with Crippen molar-refractivity contribution in [1.82, 2.24) is 20.8 Å². The molecule has 0 fully saturated rings. The van der Waals surface area contributed by atoms with Crippen LogP contribution in [0, 0.1) is 5.82 Å². The maximum absolute atomic E-state index is 13.8. The second kappa shape index (κ2) is 6.81. The number of carbonyl (C=O) groups excluding carboxylic acids is 1. The van der Waals surface area contributed by atoms with Crippen LogP contribution in [0.3, 0.4) is 0 Å². The second-order valence-corrected chi connectivity index (χ2v) is 4.35. The van der Waals surface area contributed by atoms with Gasteiger partial charge in [-0.15, -0.1) is 0 Å². The molecule has 0 aliphatic carbocycles. The first-order valence-corrected chi connectivity index (χ1v) is 6.45. The van der Waals surface area contributed by atoms with E-state index in [1.807, 2.05) is 7.05 Å². The van der Waals surface area contributed by atoms with Gasteiger partial charge in [0, 0.05) is 12.1 Å². The zero-order valence-corrected chi connectivity index (χ0v) is 11.2. The molecule has 1 aromatic carbocycles. The minimum Gasteiger partial charge on any atom is -0.352 e. The van der Waals surface area contributed by atoms with Crippen LogP contribution in [0.4, 0.5) is 4.39 Å². The summed E-state index contributed by atoms with van der Waals surface area (Å²) in [6.45, 7) is 1.38. The van der Waals surface area contributed by atoms with Crippen molar-refractivity contribution in [2.45, 2.75) is 6.42 Å². The van der Waals surface area contributed by atoms with Crippen LogP contribution in [0.1, 0.15) is 16.8 Å². The van der Waals surface area contributed by atoms with Gasteiger partial charge < -0.3 is 10.6 Å². The molecule has 0 saturated heterocycles. The van der Waals surface area contributed by atoms with E-state index in [9.17, 15) is 9.18 Å². The summed E-state index contributed by atoms with van der Waals surface area (Å²) in [4.78, 5) is 12.1. The van der Waals surface area contributed by atoms with E-state index in [1.54, 1.807) is 18.2 Å². The Hall–Kier alpha value is -2.21. The van der Waals surface area contributed by atoms with E-state index in [2.05, 4.69) is 20.8 Å². The van der Waals surface area contributed by atoms with Gasteiger partial charge in [-0.1, -0.05) is 12.1 Å². The van der Waals surface area contributed by atoms with Crippen molar-refractivity contribution in [3.63, 3.8) is 0 Å². The highest BCUT2D eigenvalue weighted by Crippen LogP contribution is 2.23. The Bertz CT molecular complexity index is 582. The molecule has 0 atom stereocenters. The van der Waals surface area contributed by atoms with Crippen molar-refractivity contribution in [2.24, 2.45) is 0 Å². The zero-order valence-electron chi connectivity index (χ0n) is 11.2. The normalized spacial score (nSPS) is 10.5. The number of aromatic nitrogens is 2. The first-order valence-electron chi connectivity index (χ1n) is 6.45. The molecular weight excluding hydrogens is 259 g/mol. The first-order chi connectivity index (χ1) is 9.74. The van der Waals surface area contributed by atoms with Crippen molar-refractivity contribution in [3.8, 4) is 11.3 Å². The third kappa shape index (κ3) is 3.21. The molecule has 0 spiro atoms. The summed E-state index contributed by atoms with van der Waals surface area (Å²) >= 11 is 0. The molecule has 106 valence electrons. The van der Waals surface area contributed by atoms with E-state index < -0.39 is 0 Å². The fraction of sp³-hybridized carbons (Fsp3) is 0.286. The Balaban J connectivity index is 2.13. The molecule has 3 N–H and O–H groups in total. The van der Waals surface area contributed by atoms with E-state index in [-0.39, 0.29) is 11.7 Å². The van der Waals surface area contributed by atoms with Crippen molar-refractivity contribution in [3.05, 3.63) is 41.8 Å². The van der Waals surface area contributed by atoms with Gasteiger partial charge in [0.2, 0.25) is 0 Å². The predicted octanol–water partition coefficient (Wildman–Crippen LogP) is 1.56. The lowest BCUT2D eigenvalue weighted by Crippen LogP contribution is -2.26. The summed E-state index contributed by atoms with van der Waals surface area (Å²) in [5, 5.41) is 12.3. The van der Waals surface area contributed by atoms with Gasteiger partial charge in [0.25, 0.3) is 5.91 Å². The van der Waals surface area contributed by atoms with Crippen LogP contribution in [0.5, 0.6) is 0 Å². The molecule has 1 aromatic heterocycles. The van der Waals surface area contributed by atoms with E-state index in [0.717, 1.165) is 13.0 Å². The van der Waals surface area contributed by atoms with Gasteiger partial charge in [-0.3, -0.25) is 9.89 Å². The minimum atomic E-state index is -0.388. The number of H-pyrrole nitrogens is 1. The number of benzene rings is 1. The summed E-state index contributed by atoms with van der Waals surface area (Å²) in [6, 6.07) is 6.28. The number of carbonyl (C=O) groups is 1. The predicted molar refractivity (Wildman–Crippen MR) is 74.9 cm³/mol. The van der Waals surface area contributed by atoms with Crippen LogP contribution >= 0.6 is 0 Å². The second-order valence-electron chi connectivity index (χ2n) is 4.35. The molecule has 20 heavy (non-hydrogen) atoms. The molecule has 2 aromatic rings. The number of hydrogen-bond donors (Lipinski definition) is 3. The Labute approximate surface area is 116 Å². The molecule has 0 saturated carbocycles.